The van der Waals surface area contributed by atoms with E-state index in [1.807, 2.05) is 13.8 Å². The zero-order valence-corrected chi connectivity index (χ0v) is 19.8. The van der Waals surface area contributed by atoms with E-state index in [1.54, 1.807) is 53.2 Å². The minimum Gasteiger partial charge on any atom is -0.497 e. The summed E-state index contributed by atoms with van der Waals surface area (Å²) in [6, 6.07) is 15.4. The minimum atomic E-state index is -0.538. The number of fused-ring (bicyclic) bond motifs is 2. The molecule has 0 aliphatic carbocycles. The normalized spacial score (nSPS) is 11.8. The van der Waals surface area contributed by atoms with Gasteiger partial charge in [-0.15, -0.1) is 0 Å². The molecule has 3 aromatic heterocycles. The first-order valence-corrected chi connectivity index (χ1v) is 11.2. The average Bonchev–Trinajstić information content (AvgIpc) is 2.87. The van der Waals surface area contributed by atoms with Gasteiger partial charge in [0.25, 0.3) is 11.5 Å². The molecule has 0 bridgehead atoms. The lowest BCUT2D eigenvalue weighted by molar-refractivity contribution is 0.0748. The van der Waals surface area contributed by atoms with Crippen LogP contribution in [0.3, 0.4) is 0 Å². The molecule has 0 N–H and O–H groups in total. The maximum absolute atomic E-state index is 13.2. The monoisotopic (exact) mass is 471 g/mol. The fraction of sp³-hybridized carbons (Fsp3) is 0.269. The summed E-state index contributed by atoms with van der Waals surface area (Å²) < 4.78 is 14.0. The molecule has 9 nitrogen and oxygen atoms in total. The summed E-state index contributed by atoms with van der Waals surface area (Å²) in [7, 11) is 1.51. The van der Waals surface area contributed by atoms with Gasteiger partial charge in [0.1, 0.15) is 23.1 Å². The summed E-state index contributed by atoms with van der Waals surface area (Å²) in [5, 5.41) is 10.2. The molecular formula is C26H25N5O4. The van der Waals surface area contributed by atoms with Gasteiger partial charge in [-0.05, 0) is 56.7 Å². The summed E-state index contributed by atoms with van der Waals surface area (Å²) in [5.74, 6) is -0.0191. The number of aromatic nitrogens is 3. The van der Waals surface area contributed by atoms with E-state index >= 15 is 0 Å². The van der Waals surface area contributed by atoms with Gasteiger partial charge < -0.3 is 14.0 Å². The van der Waals surface area contributed by atoms with Crippen LogP contribution in [0.2, 0.25) is 0 Å². The van der Waals surface area contributed by atoms with E-state index < -0.39 is 5.91 Å². The molecular weight excluding hydrogens is 446 g/mol. The van der Waals surface area contributed by atoms with E-state index in [0.717, 1.165) is 0 Å². The van der Waals surface area contributed by atoms with E-state index in [-0.39, 0.29) is 28.1 Å². The quantitative estimate of drug-likeness (QED) is 0.303. The molecule has 0 fully saturated rings. The number of nitrogens with zero attached hydrogens (tertiary/aromatic N) is 5. The van der Waals surface area contributed by atoms with Crippen LogP contribution >= 0.6 is 0 Å². The lowest BCUT2D eigenvalue weighted by Crippen LogP contribution is -2.30. The van der Waals surface area contributed by atoms with Crippen LogP contribution in [0.4, 0.5) is 0 Å². The van der Waals surface area contributed by atoms with Crippen LogP contribution in [0.15, 0.2) is 64.5 Å². The third-order valence-electron chi connectivity index (χ3n) is 5.41. The minimum absolute atomic E-state index is 0.0627. The summed E-state index contributed by atoms with van der Waals surface area (Å²) >= 11 is 0. The molecule has 178 valence electrons. The van der Waals surface area contributed by atoms with Crippen molar-refractivity contribution in [2.45, 2.75) is 32.9 Å². The van der Waals surface area contributed by atoms with Crippen molar-refractivity contribution in [2.24, 2.45) is 4.99 Å². The molecule has 9 heteroatoms. The number of pyridine rings is 2. The van der Waals surface area contributed by atoms with Crippen LogP contribution in [0, 0.1) is 11.3 Å². The molecule has 0 saturated carbocycles. The van der Waals surface area contributed by atoms with Crippen LogP contribution in [-0.4, -0.2) is 39.7 Å². The standard InChI is InChI=1S/C26H25N5O4/c1-17(2)35-13-7-12-31-23(29-25(32)18-8-6-9-20(14-18)34-3)19(16-27)15-21-24(31)28-22-10-4-5-11-30(22)26(21)33/h4-6,8-11,14-15,17H,7,12-13H2,1-3H3. The van der Waals surface area contributed by atoms with Gasteiger partial charge in [0.05, 0.1) is 24.2 Å². The molecule has 0 saturated heterocycles. The largest absolute Gasteiger partial charge is 0.497 e. The van der Waals surface area contributed by atoms with Gasteiger partial charge in [-0.1, -0.05) is 12.1 Å². The van der Waals surface area contributed by atoms with Crippen molar-refractivity contribution in [3.63, 3.8) is 0 Å². The topological polar surface area (TPSA) is 111 Å². The van der Waals surface area contributed by atoms with Crippen molar-refractivity contribution in [1.29, 1.82) is 5.26 Å². The lowest BCUT2D eigenvalue weighted by Gasteiger charge is -2.14. The fourth-order valence-electron chi connectivity index (χ4n) is 3.75. The zero-order chi connectivity index (χ0) is 24.9. The highest BCUT2D eigenvalue weighted by molar-refractivity contribution is 5.95. The van der Waals surface area contributed by atoms with Crippen LogP contribution in [0.25, 0.3) is 16.7 Å². The SMILES string of the molecule is COc1cccc(C(=O)N=c2c(C#N)cc3c(=O)n4ccccc4nc3n2CCCOC(C)C)c1. The maximum Gasteiger partial charge on any atom is 0.279 e. The molecule has 0 atom stereocenters. The van der Waals surface area contributed by atoms with Gasteiger partial charge in [-0.25, -0.2) is 4.98 Å². The van der Waals surface area contributed by atoms with Crippen LogP contribution in [0.5, 0.6) is 5.75 Å². The number of nitriles is 1. The van der Waals surface area contributed by atoms with Gasteiger partial charge >= 0.3 is 0 Å². The molecule has 4 rings (SSSR count). The van der Waals surface area contributed by atoms with Crippen molar-refractivity contribution >= 4 is 22.6 Å². The zero-order valence-electron chi connectivity index (χ0n) is 19.8. The number of hydrogen-bond donors (Lipinski definition) is 0. The molecule has 0 aliphatic rings. The Labute approximate surface area is 201 Å². The Hall–Kier alpha value is -4.29. The fourth-order valence-corrected chi connectivity index (χ4v) is 3.75. The summed E-state index contributed by atoms with van der Waals surface area (Å²) in [5.41, 5.74) is 1.06. The Morgan fingerprint density at radius 1 is 1.20 bits per heavy atom. The van der Waals surface area contributed by atoms with Gasteiger partial charge in [0, 0.05) is 24.9 Å². The third-order valence-corrected chi connectivity index (χ3v) is 5.41. The van der Waals surface area contributed by atoms with Crippen molar-refractivity contribution in [3.05, 3.63) is 81.7 Å². The van der Waals surface area contributed by atoms with Crippen LogP contribution in [-0.2, 0) is 11.3 Å². The molecule has 1 aromatic carbocycles. The highest BCUT2D eigenvalue weighted by atomic mass is 16.5. The number of rotatable bonds is 7. The number of amides is 1. The van der Waals surface area contributed by atoms with Crippen molar-refractivity contribution in [2.75, 3.05) is 13.7 Å². The molecule has 3 heterocycles. The van der Waals surface area contributed by atoms with Gasteiger partial charge in [-0.2, -0.15) is 10.3 Å². The first-order chi connectivity index (χ1) is 16.9. The highest BCUT2D eigenvalue weighted by Gasteiger charge is 2.16. The Balaban J connectivity index is 1.96. The number of aryl methyl sites for hydroxylation is 1. The van der Waals surface area contributed by atoms with E-state index in [4.69, 9.17) is 9.47 Å². The van der Waals surface area contributed by atoms with Crippen molar-refractivity contribution in [3.8, 4) is 11.8 Å². The maximum atomic E-state index is 13.2. The first kappa shape index (κ1) is 23.9. The second-order valence-corrected chi connectivity index (χ2v) is 8.15. The molecule has 0 spiro atoms. The van der Waals surface area contributed by atoms with Gasteiger partial charge in [-0.3, -0.25) is 14.0 Å². The van der Waals surface area contributed by atoms with Crippen molar-refractivity contribution < 1.29 is 14.3 Å². The smallest absolute Gasteiger partial charge is 0.279 e. The first-order valence-electron chi connectivity index (χ1n) is 11.2. The number of carbonyl (C=O) groups is 1. The Morgan fingerprint density at radius 2 is 2.03 bits per heavy atom. The molecule has 35 heavy (non-hydrogen) atoms. The van der Waals surface area contributed by atoms with E-state index in [1.165, 1.54) is 17.6 Å². The number of hydrogen-bond acceptors (Lipinski definition) is 6. The van der Waals surface area contributed by atoms with Crippen LogP contribution in [0.1, 0.15) is 36.2 Å². The summed E-state index contributed by atoms with van der Waals surface area (Å²) in [4.78, 5) is 35.3. The Bertz CT molecular complexity index is 1580. The summed E-state index contributed by atoms with van der Waals surface area (Å²) in [6.45, 7) is 4.69. The Kier molecular flexibility index (Phi) is 7.03. The molecule has 4 aromatic rings. The number of carbonyl (C=O) groups excluding carboxylic acids is 1. The lowest BCUT2D eigenvalue weighted by atomic mass is 10.2. The molecule has 0 unspecified atom stereocenters. The average molecular weight is 472 g/mol. The molecule has 0 aliphatic heterocycles. The van der Waals surface area contributed by atoms with E-state index in [0.29, 0.717) is 42.2 Å². The third kappa shape index (κ3) is 4.98. The van der Waals surface area contributed by atoms with E-state index in [9.17, 15) is 14.9 Å². The summed E-state index contributed by atoms with van der Waals surface area (Å²) in [6.07, 6.45) is 2.26. The molecule has 0 radical (unpaired) electrons. The Morgan fingerprint density at radius 3 is 2.77 bits per heavy atom. The van der Waals surface area contributed by atoms with Crippen LogP contribution < -0.4 is 15.8 Å². The predicted molar refractivity (Wildman–Crippen MR) is 130 cm³/mol. The second-order valence-electron chi connectivity index (χ2n) is 8.15. The predicted octanol–water partition coefficient (Wildman–Crippen LogP) is 3.09. The number of methoxy groups -OCH3 is 1. The highest BCUT2D eigenvalue weighted by Crippen LogP contribution is 2.14. The van der Waals surface area contributed by atoms with Gasteiger partial charge in [0.2, 0.25) is 0 Å². The van der Waals surface area contributed by atoms with Crippen molar-refractivity contribution in [1.82, 2.24) is 14.0 Å². The number of benzene rings is 1. The molecule has 1 amide bonds. The second kappa shape index (κ2) is 10.3. The number of ether oxygens (including phenoxy) is 2. The van der Waals surface area contributed by atoms with E-state index in [2.05, 4.69) is 16.0 Å². The van der Waals surface area contributed by atoms with Gasteiger partial charge in [0.15, 0.2) is 5.49 Å².